The smallest absolute Gasteiger partial charge is 0.272 e. The number of nitrogens with one attached hydrogen (secondary N) is 2. The zero-order valence-electron chi connectivity index (χ0n) is 12.7. The van der Waals surface area contributed by atoms with Crippen LogP contribution in [0.1, 0.15) is 16.3 Å². The van der Waals surface area contributed by atoms with Crippen LogP contribution in [-0.4, -0.2) is 57.3 Å². The first-order valence-corrected chi connectivity index (χ1v) is 8.94. The number of aryl methyl sites for hydroxylation is 1. The van der Waals surface area contributed by atoms with E-state index in [1.54, 1.807) is 23.6 Å². The number of likely N-dealkylation sites (tertiary alicyclic amines) is 1. The van der Waals surface area contributed by atoms with Crippen molar-refractivity contribution >= 4 is 23.6 Å². The molecule has 2 saturated heterocycles. The highest BCUT2D eigenvalue weighted by atomic mass is 32.2. The zero-order chi connectivity index (χ0) is 16.1. The van der Waals surface area contributed by atoms with Crippen LogP contribution in [0.15, 0.2) is 10.9 Å². The van der Waals surface area contributed by atoms with Crippen molar-refractivity contribution in [2.75, 3.05) is 24.6 Å². The molecular formula is C15H18N4O3S. The van der Waals surface area contributed by atoms with Gasteiger partial charge >= 0.3 is 0 Å². The molecule has 1 aromatic heterocycles. The second kappa shape index (κ2) is 5.36. The molecule has 2 amide bonds. The molecule has 3 aliphatic rings. The van der Waals surface area contributed by atoms with Crippen LogP contribution in [0.25, 0.3) is 0 Å². The van der Waals surface area contributed by atoms with Crippen molar-refractivity contribution in [1.82, 2.24) is 20.2 Å². The minimum atomic E-state index is -0.311. The monoisotopic (exact) mass is 334 g/mol. The molecule has 2 N–H and O–H groups in total. The van der Waals surface area contributed by atoms with Crippen molar-refractivity contribution in [1.29, 1.82) is 0 Å². The number of hydrogen-bond donors (Lipinski definition) is 2. The van der Waals surface area contributed by atoms with Crippen LogP contribution in [0.2, 0.25) is 0 Å². The van der Waals surface area contributed by atoms with Gasteiger partial charge in [-0.1, -0.05) is 0 Å². The molecular weight excluding hydrogens is 316 g/mol. The van der Waals surface area contributed by atoms with Gasteiger partial charge in [0.1, 0.15) is 11.5 Å². The average molecular weight is 334 g/mol. The van der Waals surface area contributed by atoms with Crippen LogP contribution in [0.4, 0.5) is 0 Å². The van der Waals surface area contributed by atoms with E-state index in [9.17, 15) is 14.4 Å². The fourth-order valence-corrected chi connectivity index (χ4v) is 4.20. The van der Waals surface area contributed by atoms with E-state index in [0.717, 1.165) is 11.5 Å². The molecule has 0 radical (unpaired) electrons. The molecule has 0 spiro atoms. The van der Waals surface area contributed by atoms with Gasteiger partial charge in [-0.25, -0.2) is 4.98 Å². The molecule has 0 bridgehead atoms. The molecule has 1 aliphatic carbocycles. The Morgan fingerprint density at radius 1 is 1.35 bits per heavy atom. The Kier molecular flexibility index (Phi) is 3.44. The van der Waals surface area contributed by atoms with Crippen LogP contribution >= 0.6 is 11.8 Å². The number of H-pyrrole nitrogens is 1. The molecule has 3 heterocycles. The summed E-state index contributed by atoms with van der Waals surface area (Å²) in [5, 5.41) is 3.11. The molecule has 0 aromatic carbocycles. The Morgan fingerprint density at radius 3 is 2.61 bits per heavy atom. The Hall–Kier alpha value is -1.83. The van der Waals surface area contributed by atoms with E-state index in [1.807, 2.05) is 0 Å². The molecule has 1 aromatic rings. The number of piperidine rings is 1. The normalized spacial score (nSPS) is 28.9. The Morgan fingerprint density at radius 2 is 2.04 bits per heavy atom. The van der Waals surface area contributed by atoms with E-state index in [1.165, 1.54) is 6.07 Å². The maximum atomic E-state index is 12.4. The molecule has 3 atom stereocenters. The lowest BCUT2D eigenvalue weighted by Gasteiger charge is -2.25. The van der Waals surface area contributed by atoms with Crippen LogP contribution in [0.3, 0.4) is 0 Å². The van der Waals surface area contributed by atoms with Gasteiger partial charge in [0.15, 0.2) is 0 Å². The highest BCUT2D eigenvalue weighted by molar-refractivity contribution is 8.00. The quantitative estimate of drug-likeness (QED) is 0.786. The van der Waals surface area contributed by atoms with E-state index in [4.69, 9.17) is 0 Å². The fraction of sp³-hybridized carbons (Fsp3) is 0.600. The van der Waals surface area contributed by atoms with Gasteiger partial charge in [0, 0.05) is 48.5 Å². The van der Waals surface area contributed by atoms with Gasteiger partial charge in [-0.05, 0) is 6.92 Å². The molecule has 4 rings (SSSR count). The maximum absolute atomic E-state index is 12.4. The third-order valence-electron chi connectivity index (χ3n) is 4.88. The second-order valence-electron chi connectivity index (χ2n) is 6.52. The lowest BCUT2D eigenvalue weighted by Crippen LogP contribution is -2.43. The number of thioether (sulfide) groups is 1. The fourth-order valence-electron chi connectivity index (χ4n) is 3.43. The number of amides is 2. The minimum absolute atomic E-state index is 0.160. The number of fused-ring (bicyclic) bond motifs is 1. The topological polar surface area (TPSA) is 95.2 Å². The third-order valence-corrected chi connectivity index (χ3v) is 6.15. The number of nitrogens with zero attached hydrogens (tertiary/aromatic N) is 2. The summed E-state index contributed by atoms with van der Waals surface area (Å²) in [7, 11) is 0. The van der Waals surface area contributed by atoms with Crippen molar-refractivity contribution in [3.05, 3.63) is 27.9 Å². The highest BCUT2D eigenvalue weighted by Crippen LogP contribution is 2.46. The summed E-state index contributed by atoms with van der Waals surface area (Å²) >= 11 is 1.80. The van der Waals surface area contributed by atoms with Gasteiger partial charge in [0.25, 0.3) is 11.5 Å². The van der Waals surface area contributed by atoms with Gasteiger partial charge in [-0.15, -0.1) is 0 Å². The van der Waals surface area contributed by atoms with Gasteiger partial charge < -0.3 is 15.2 Å². The average Bonchev–Trinajstić information content (AvgIpc) is 2.89. The SMILES string of the molecule is Cc1nc(C(=O)N2C[C@@H]3C(NC(=O)C4CSC4)[C@@H]3C2)cc(=O)[nH]1. The van der Waals surface area contributed by atoms with Crippen LogP contribution in [0.5, 0.6) is 0 Å². The highest BCUT2D eigenvalue weighted by Gasteiger charge is 2.57. The predicted octanol–water partition coefficient (Wildman–Crippen LogP) is -0.372. The van der Waals surface area contributed by atoms with Crippen molar-refractivity contribution in [2.24, 2.45) is 17.8 Å². The summed E-state index contributed by atoms with van der Waals surface area (Å²) in [5.41, 5.74) is -0.117. The molecule has 3 fully saturated rings. The largest absolute Gasteiger partial charge is 0.352 e. The summed E-state index contributed by atoms with van der Waals surface area (Å²) < 4.78 is 0. The predicted molar refractivity (Wildman–Crippen MR) is 85.2 cm³/mol. The summed E-state index contributed by atoms with van der Waals surface area (Å²) in [5.74, 6) is 3.10. The molecule has 2 aliphatic heterocycles. The van der Waals surface area contributed by atoms with Crippen LogP contribution < -0.4 is 10.9 Å². The maximum Gasteiger partial charge on any atom is 0.272 e. The molecule has 7 nitrogen and oxygen atoms in total. The number of hydrogen-bond acceptors (Lipinski definition) is 5. The van der Waals surface area contributed by atoms with Crippen molar-refractivity contribution in [3.63, 3.8) is 0 Å². The molecule has 1 saturated carbocycles. The van der Waals surface area contributed by atoms with Crippen LogP contribution in [-0.2, 0) is 4.79 Å². The number of carbonyl (C=O) groups excluding carboxylic acids is 2. The lowest BCUT2D eigenvalue weighted by atomic mass is 10.2. The third kappa shape index (κ3) is 2.65. The molecule has 8 heteroatoms. The van der Waals surface area contributed by atoms with Crippen molar-refractivity contribution in [3.8, 4) is 0 Å². The minimum Gasteiger partial charge on any atom is -0.352 e. The van der Waals surface area contributed by atoms with E-state index in [0.29, 0.717) is 30.7 Å². The van der Waals surface area contributed by atoms with E-state index < -0.39 is 0 Å². The number of carbonyl (C=O) groups is 2. The summed E-state index contributed by atoms with van der Waals surface area (Å²) in [6, 6.07) is 1.46. The Labute approximate surface area is 137 Å². The first-order valence-electron chi connectivity index (χ1n) is 7.78. The van der Waals surface area contributed by atoms with Gasteiger partial charge in [0.05, 0.1) is 5.92 Å². The first kappa shape index (κ1) is 14.7. The zero-order valence-corrected chi connectivity index (χ0v) is 13.6. The van der Waals surface area contributed by atoms with Crippen molar-refractivity contribution < 1.29 is 9.59 Å². The molecule has 122 valence electrons. The van der Waals surface area contributed by atoms with Crippen LogP contribution in [0, 0.1) is 24.7 Å². The number of aromatic amines is 1. The molecule has 23 heavy (non-hydrogen) atoms. The van der Waals surface area contributed by atoms with E-state index in [2.05, 4.69) is 15.3 Å². The summed E-state index contributed by atoms with van der Waals surface area (Å²) in [6.45, 7) is 2.91. The van der Waals surface area contributed by atoms with E-state index >= 15 is 0 Å². The lowest BCUT2D eigenvalue weighted by molar-refractivity contribution is -0.124. The van der Waals surface area contributed by atoms with Gasteiger partial charge in [-0.3, -0.25) is 14.4 Å². The van der Waals surface area contributed by atoms with Crippen molar-refractivity contribution in [2.45, 2.75) is 13.0 Å². The van der Waals surface area contributed by atoms with E-state index in [-0.39, 0.29) is 35.0 Å². The second-order valence-corrected chi connectivity index (χ2v) is 7.60. The van der Waals surface area contributed by atoms with Gasteiger partial charge in [0.2, 0.25) is 5.91 Å². The summed E-state index contributed by atoms with van der Waals surface area (Å²) in [4.78, 5) is 44.2. The molecule has 1 unspecified atom stereocenters. The number of rotatable bonds is 3. The Bertz CT molecular complexity index is 718. The number of aromatic nitrogens is 2. The Balaban J connectivity index is 1.35. The first-order chi connectivity index (χ1) is 11.0. The summed E-state index contributed by atoms with van der Waals surface area (Å²) in [6.07, 6.45) is 0. The van der Waals surface area contributed by atoms with Gasteiger partial charge in [-0.2, -0.15) is 11.8 Å². The standard InChI is InChI=1S/C15H18N4O3S/c1-7-16-11(2-12(20)17-7)15(22)19-3-9-10(4-19)13(9)18-14(21)8-5-23-6-8/h2,8-10,13H,3-6H2,1H3,(H,18,21)(H,16,17,20)/t9-,10+,13?.